The second-order valence-electron chi connectivity index (χ2n) is 6.91. The van der Waals surface area contributed by atoms with Crippen LogP contribution >= 0.6 is 11.6 Å². The van der Waals surface area contributed by atoms with Crippen molar-refractivity contribution in [1.82, 2.24) is 14.9 Å². The van der Waals surface area contributed by atoms with Crippen molar-refractivity contribution < 1.29 is 9.18 Å². The highest BCUT2D eigenvalue weighted by Gasteiger charge is 2.26. The summed E-state index contributed by atoms with van der Waals surface area (Å²) >= 11 is 5.92. The summed E-state index contributed by atoms with van der Waals surface area (Å²) in [6.45, 7) is 1.32. The molecule has 28 heavy (non-hydrogen) atoms. The second kappa shape index (κ2) is 8.07. The van der Waals surface area contributed by atoms with Gasteiger partial charge >= 0.3 is 0 Å². The van der Waals surface area contributed by atoms with Gasteiger partial charge in [-0.15, -0.1) is 0 Å². The van der Waals surface area contributed by atoms with E-state index in [0.29, 0.717) is 28.5 Å². The fourth-order valence-corrected chi connectivity index (χ4v) is 3.67. The summed E-state index contributed by atoms with van der Waals surface area (Å²) < 4.78 is 13.5. The number of aromatic nitrogens is 2. The number of nitrogens with zero attached hydrogens (tertiary/aromatic N) is 3. The molecule has 1 amide bonds. The lowest BCUT2D eigenvalue weighted by atomic mass is 9.94. The third kappa shape index (κ3) is 4.04. The molecule has 1 aliphatic heterocycles. The van der Waals surface area contributed by atoms with E-state index in [4.69, 9.17) is 11.6 Å². The van der Waals surface area contributed by atoms with Crippen molar-refractivity contribution in [2.24, 2.45) is 0 Å². The number of carbonyl (C=O) groups is 1. The standard InChI is InChI=1S/C22H19ClFN3O/c23-18-8-6-15(7-9-18)22(28)27-12-2-4-17(14-27)20-10-11-25-21(26-20)16-3-1-5-19(24)13-16/h1,3,5-11,13,17H,2,4,12,14H2/t17-/m0/s1. The van der Waals surface area contributed by atoms with Gasteiger partial charge in [0.25, 0.3) is 5.91 Å². The average Bonchev–Trinajstić information content (AvgIpc) is 2.74. The van der Waals surface area contributed by atoms with Gasteiger partial charge in [-0.05, 0) is 55.3 Å². The molecule has 0 aliphatic carbocycles. The highest BCUT2D eigenvalue weighted by Crippen LogP contribution is 2.28. The monoisotopic (exact) mass is 395 g/mol. The Hall–Kier alpha value is -2.79. The van der Waals surface area contributed by atoms with Gasteiger partial charge in [0, 0.05) is 47.0 Å². The number of carbonyl (C=O) groups excluding carboxylic acids is 1. The van der Waals surface area contributed by atoms with E-state index in [9.17, 15) is 9.18 Å². The quantitative estimate of drug-likeness (QED) is 0.630. The van der Waals surface area contributed by atoms with Crippen LogP contribution in [0, 0.1) is 5.82 Å². The van der Waals surface area contributed by atoms with Gasteiger partial charge < -0.3 is 4.90 Å². The van der Waals surface area contributed by atoms with E-state index in [1.807, 2.05) is 11.0 Å². The zero-order chi connectivity index (χ0) is 19.5. The van der Waals surface area contributed by atoms with Crippen LogP contribution < -0.4 is 0 Å². The molecule has 1 fully saturated rings. The molecule has 6 heteroatoms. The Morgan fingerprint density at radius 2 is 1.96 bits per heavy atom. The normalized spacial score (nSPS) is 16.8. The van der Waals surface area contributed by atoms with Crippen LogP contribution in [0.25, 0.3) is 11.4 Å². The predicted molar refractivity (Wildman–Crippen MR) is 107 cm³/mol. The number of likely N-dealkylation sites (tertiary alicyclic amines) is 1. The number of hydrogen-bond donors (Lipinski definition) is 0. The van der Waals surface area contributed by atoms with Gasteiger partial charge in [0.2, 0.25) is 0 Å². The van der Waals surface area contributed by atoms with Gasteiger partial charge in [0.1, 0.15) is 5.82 Å². The minimum atomic E-state index is -0.316. The molecular weight excluding hydrogens is 377 g/mol. The largest absolute Gasteiger partial charge is 0.338 e. The van der Waals surface area contributed by atoms with Crippen LogP contribution in [0.2, 0.25) is 5.02 Å². The summed E-state index contributed by atoms with van der Waals surface area (Å²) in [5.74, 6) is 0.308. The minimum absolute atomic E-state index is 0.000719. The maximum Gasteiger partial charge on any atom is 0.253 e. The molecule has 0 spiro atoms. The lowest BCUT2D eigenvalue weighted by molar-refractivity contribution is 0.0706. The van der Waals surface area contributed by atoms with E-state index < -0.39 is 0 Å². The average molecular weight is 396 g/mol. The summed E-state index contributed by atoms with van der Waals surface area (Å²) in [6.07, 6.45) is 3.55. The molecule has 0 unspecified atom stereocenters. The Morgan fingerprint density at radius 3 is 2.75 bits per heavy atom. The molecule has 2 heterocycles. The lowest BCUT2D eigenvalue weighted by Crippen LogP contribution is -2.39. The molecule has 2 aromatic carbocycles. The number of rotatable bonds is 3. The summed E-state index contributed by atoms with van der Waals surface area (Å²) in [5.41, 5.74) is 2.16. The van der Waals surface area contributed by atoms with Crippen LogP contribution in [0.3, 0.4) is 0 Å². The number of amides is 1. The topological polar surface area (TPSA) is 46.1 Å². The molecule has 4 rings (SSSR count). The molecule has 142 valence electrons. The lowest BCUT2D eigenvalue weighted by Gasteiger charge is -2.32. The van der Waals surface area contributed by atoms with Crippen molar-refractivity contribution in [3.8, 4) is 11.4 Å². The number of benzene rings is 2. The molecule has 0 N–H and O–H groups in total. The molecule has 0 bridgehead atoms. The Balaban J connectivity index is 1.54. The van der Waals surface area contributed by atoms with Gasteiger partial charge in [-0.1, -0.05) is 23.7 Å². The maximum absolute atomic E-state index is 13.5. The van der Waals surface area contributed by atoms with Crippen LogP contribution in [-0.4, -0.2) is 33.9 Å². The summed E-state index contributed by atoms with van der Waals surface area (Å²) in [6, 6.07) is 15.1. The van der Waals surface area contributed by atoms with Crippen molar-refractivity contribution >= 4 is 17.5 Å². The van der Waals surface area contributed by atoms with Crippen LogP contribution in [0.4, 0.5) is 4.39 Å². The first-order valence-electron chi connectivity index (χ1n) is 9.24. The van der Waals surface area contributed by atoms with Crippen LogP contribution in [0.5, 0.6) is 0 Å². The highest BCUT2D eigenvalue weighted by atomic mass is 35.5. The van der Waals surface area contributed by atoms with Crippen molar-refractivity contribution in [2.45, 2.75) is 18.8 Å². The number of piperidine rings is 1. The fraction of sp³-hybridized carbons (Fsp3) is 0.227. The Labute approximate surface area is 168 Å². The molecule has 1 atom stereocenters. The Morgan fingerprint density at radius 1 is 1.14 bits per heavy atom. The summed E-state index contributed by atoms with van der Waals surface area (Å²) in [7, 11) is 0. The maximum atomic E-state index is 13.5. The molecule has 1 aliphatic rings. The van der Waals surface area contributed by atoms with Crippen molar-refractivity contribution in [3.63, 3.8) is 0 Å². The van der Waals surface area contributed by atoms with Gasteiger partial charge in [-0.25, -0.2) is 14.4 Å². The third-order valence-corrected chi connectivity index (χ3v) is 5.23. The Kier molecular flexibility index (Phi) is 5.35. The molecule has 0 saturated carbocycles. The summed E-state index contributed by atoms with van der Waals surface area (Å²) in [4.78, 5) is 23.6. The molecule has 0 radical (unpaired) electrons. The van der Waals surface area contributed by atoms with Crippen LogP contribution in [0.15, 0.2) is 60.8 Å². The smallest absolute Gasteiger partial charge is 0.253 e. The predicted octanol–water partition coefficient (Wildman–Crippen LogP) is 4.96. The van der Waals surface area contributed by atoms with E-state index in [-0.39, 0.29) is 17.6 Å². The minimum Gasteiger partial charge on any atom is -0.338 e. The molecular formula is C22H19ClFN3O. The first-order chi connectivity index (χ1) is 13.6. The van der Waals surface area contributed by atoms with Gasteiger partial charge in [-0.2, -0.15) is 0 Å². The van der Waals surface area contributed by atoms with Crippen molar-refractivity contribution in [2.75, 3.05) is 13.1 Å². The van der Waals surface area contributed by atoms with Gasteiger partial charge in [0.05, 0.1) is 0 Å². The van der Waals surface area contributed by atoms with Gasteiger partial charge in [-0.3, -0.25) is 4.79 Å². The first-order valence-corrected chi connectivity index (χ1v) is 9.62. The zero-order valence-electron chi connectivity index (χ0n) is 15.2. The first kappa shape index (κ1) is 18.6. The van der Waals surface area contributed by atoms with Crippen molar-refractivity contribution in [1.29, 1.82) is 0 Å². The van der Waals surface area contributed by atoms with E-state index in [2.05, 4.69) is 9.97 Å². The van der Waals surface area contributed by atoms with Crippen LogP contribution in [-0.2, 0) is 0 Å². The third-order valence-electron chi connectivity index (χ3n) is 4.98. The fourth-order valence-electron chi connectivity index (χ4n) is 3.54. The number of halogens is 2. The number of hydrogen-bond acceptors (Lipinski definition) is 3. The molecule has 1 saturated heterocycles. The SMILES string of the molecule is O=C(c1ccc(Cl)cc1)N1CCC[C@H](c2ccnc(-c3cccc(F)c3)n2)C1. The highest BCUT2D eigenvalue weighted by molar-refractivity contribution is 6.30. The molecule has 4 nitrogen and oxygen atoms in total. The molecule has 3 aromatic rings. The van der Waals surface area contributed by atoms with Crippen LogP contribution in [0.1, 0.15) is 34.8 Å². The Bertz CT molecular complexity index is 993. The van der Waals surface area contributed by atoms with Gasteiger partial charge in [0.15, 0.2) is 5.82 Å². The van der Waals surface area contributed by atoms with E-state index in [1.165, 1.54) is 12.1 Å². The summed E-state index contributed by atoms with van der Waals surface area (Å²) in [5, 5.41) is 0.610. The van der Waals surface area contributed by atoms with E-state index in [0.717, 1.165) is 25.1 Å². The zero-order valence-corrected chi connectivity index (χ0v) is 15.9. The molecule has 1 aromatic heterocycles. The van der Waals surface area contributed by atoms with E-state index >= 15 is 0 Å². The second-order valence-corrected chi connectivity index (χ2v) is 7.35. The van der Waals surface area contributed by atoms with Crippen molar-refractivity contribution in [3.05, 3.63) is 82.9 Å². The van der Waals surface area contributed by atoms with E-state index in [1.54, 1.807) is 42.6 Å².